The van der Waals surface area contributed by atoms with E-state index in [1.807, 2.05) is 42.5 Å². The summed E-state index contributed by atoms with van der Waals surface area (Å²) in [6, 6.07) is 14.9. The van der Waals surface area contributed by atoms with Gasteiger partial charge < -0.3 is 4.74 Å². The highest BCUT2D eigenvalue weighted by Crippen LogP contribution is 2.39. The Morgan fingerprint density at radius 1 is 1.19 bits per heavy atom. The highest BCUT2D eigenvalue weighted by molar-refractivity contribution is 6.30. The molecule has 1 heterocycles. The molecule has 1 aliphatic rings. The monoisotopic (exact) mass is 301 g/mol. The highest BCUT2D eigenvalue weighted by atomic mass is 35.5. The molecule has 0 N–H and O–H groups in total. The molecule has 1 atom stereocenters. The van der Waals surface area contributed by atoms with Crippen molar-refractivity contribution in [3.05, 3.63) is 80.4 Å². The van der Waals surface area contributed by atoms with Crippen molar-refractivity contribution in [3.63, 3.8) is 0 Å². The molecule has 4 nitrogen and oxygen atoms in total. The van der Waals surface area contributed by atoms with Crippen LogP contribution < -0.4 is 0 Å². The molecule has 0 saturated carbocycles. The van der Waals surface area contributed by atoms with Gasteiger partial charge in [0.1, 0.15) is 5.76 Å². The summed E-state index contributed by atoms with van der Waals surface area (Å²) in [5.41, 5.74) is 2.69. The maximum Gasteiger partial charge on any atom is 0.244 e. The number of ether oxygens (including phenoxy) is 1. The van der Waals surface area contributed by atoms with Crippen molar-refractivity contribution >= 4 is 23.4 Å². The maximum atomic E-state index is 10.8. The first-order valence-corrected chi connectivity index (χ1v) is 6.86. The van der Waals surface area contributed by atoms with Gasteiger partial charge >= 0.3 is 0 Å². The minimum absolute atomic E-state index is 0.241. The molecule has 2 aromatic carbocycles. The van der Waals surface area contributed by atoms with Crippen LogP contribution in [0.2, 0.25) is 5.02 Å². The molecule has 2 aromatic rings. The second kappa shape index (κ2) is 5.58. The summed E-state index contributed by atoms with van der Waals surface area (Å²) < 4.78 is 5.76. The van der Waals surface area contributed by atoms with Crippen LogP contribution in [0.25, 0.3) is 11.8 Å². The Morgan fingerprint density at radius 3 is 2.62 bits per heavy atom. The number of rotatable bonds is 3. The summed E-state index contributed by atoms with van der Waals surface area (Å²) in [6.45, 7) is -0.241. The van der Waals surface area contributed by atoms with Crippen molar-refractivity contribution in [1.29, 1.82) is 0 Å². The molecule has 1 aliphatic heterocycles. The van der Waals surface area contributed by atoms with E-state index in [0.717, 1.165) is 16.7 Å². The van der Waals surface area contributed by atoms with Crippen LogP contribution >= 0.6 is 11.6 Å². The summed E-state index contributed by atoms with van der Waals surface area (Å²) in [4.78, 5) is 10.4. The molecule has 0 bridgehead atoms. The van der Waals surface area contributed by atoms with Crippen molar-refractivity contribution in [1.82, 2.24) is 0 Å². The molecular formula is C16H12ClNO3. The van der Waals surface area contributed by atoms with E-state index in [0.29, 0.717) is 10.8 Å². The van der Waals surface area contributed by atoms with Crippen LogP contribution in [0.5, 0.6) is 0 Å². The molecule has 5 heteroatoms. The van der Waals surface area contributed by atoms with Crippen molar-refractivity contribution in [2.24, 2.45) is 0 Å². The van der Waals surface area contributed by atoms with E-state index in [9.17, 15) is 10.1 Å². The molecule has 3 rings (SSSR count). The third-order valence-electron chi connectivity index (χ3n) is 3.33. The van der Waals surface area contributed by atoms with Crippen molar-refractivity contribution in [2.45, 2.75) is 6.10 Å². The molecule has 1 unspecified atom stereocenters. The third-order valence-corrected chi connectivity index (χ3v) is 3.58. The lowest BCUT2D eigenvalue weighted by Gasteiger charge is -2.06. The fourth-order valence-electron chi connectivity index (χ4n) is 2.38. The lowest BCUT2D eigenvalue weighted by atomic mass is 10.0. The normalized spacial score (nSPS) is 18.3. The van der Waals surface area contributed by atoms with Crippen LogP contribution in [0, 0.1) is 10.1 Å². The van der Waals surface area contributed by atoms with E-state index in [1.54, 1.807) is 12.1 Å². The zero-order valence-electron chi connectivity index (χ0n) is 11.0. The van der Waals surface area contributed by atoms with Gasteiger partial charge in [-0.05, 0) is 23.8 Å². The quantitative estimate of drug-likeness (QED) is 0.631. The molecule has 0 radical (unpaired) electrons. The maximum absolute atomic E-state index is 10.8. The number of halogens is 1. The number of nitrogens with zero attached hydrogens (tertiary/aromatic N) is 1. The molecule has 0 spiro atoms. The average Bonchev–Trinajstić information content (AvgIpc) is 2.79. The van der Waals surface area contributed by atoms with Crippen LogP contribution in [0.1, 0.15) is 22.8 Å². The molecule has 0 amide bonds. The average molecular weight is 302 g/mol. The lowest BCUT2D eigenvalue weighted by molar-refractivity contribution is -0.490. The van der Waals surface area contributed by atoms with Crippen molar-refractivity contribution in [2.75, 3.05) is 6.54 Å². The summed E-state index contributed by atoms with van der Waals surface area (Å²) in [5, 5.41) is 11.4. The van der Waals surface area contributed by atoms with Gasteiger partial charge in [-0.15, -0.1) is 0 Å². The topological polar surface area (TPSA) is 52.4 Å². The zero-order chi connectivity index (χ0) is 14.8. The van der Waals surface area contributed by atoms with E-state index < -0.39 is 6.10 Å². The van der Waals surface area contributed by atoms with E-state index in [-0.39, 0.29) is 11.5 Å². The van der Waals surface area contributed by atoms with Gasteiger partial charge in [0.2, 0.25) is 6.54 Å². The first kappa shape index (κ1) is 13.6. The number of benzene rings is 2. The Balaban J connectivity index is 1.97. The SMILES string of the molecule is O=[N+]([O-])CC1O/C(=C\c2ccc(Cl)cc2)c2ccccc21. The summed E-state index contributed by atoms with van der Waals surface area (Å²) in [7, 11) is 0. The minimum atomic E-state index is -0.533. The molecule has 0 saturated heterocycles. The Kier molecular flexibility index (Phi) is 3.62. The fraction of sp³-hybridized carbons (Fsp3) is 0.125. The van der Waals surface area contributed by atoms with Crippen LogP contribution in [0.4, 0.5) is 0 Å². The van der Waals surface area contributed by atoms with Crippen molar-refractivity contribution in [3.8, 4) is 0 Å². The fourth-order valence-corrected chi connectivity index (χ4v) is 2.50. The second-order valence-electron chi connectivity index (χ2n) is 4.77. The van der Waals surface area contributed by atoms with E-state index >= 15 is 0 Å². The van der Waals surface area contributed by atoms with Crippen molar-refractivity contribution < 1.29 is 9.66 Å². The number of nitro groups is 1. The standard InChI is InChI=1S/C16H12ClNO3/c17-12-7-5-11(6-8-12)9-15-13-3-1-2-4-14(13)16(21-15)10-18(19)20/h1-9,16H,10H2/b15-9-. The van der Waals surface area contributed by atoms with Crippen LogP contribution in [-0.2, 0) is 4.74 Å². The number of fused-ring (bicyclic) bond motifs is 1. The van der Waals surface area contributed by atoms with Gasteiger partial charge in [-0.2, -0.15) is 0 Å². The van der Waals surface area contributed by atoms with Crippen LogP contribution in [0.3, 0.4) is 0 Å². The minimum Gasteiger partial charge on any atom is -0.478 e. The van der Waals surface area contributed by atoms with Gasteiger partial charge in [0.25, 0.3) is 0 Å². The Labute approximate surface area is 126 Å². The Hall–Kier alpha value is -2.33. The second-order valence-corrected chi connectivity index (χ2v) is 5.21. The molecule has 106 valence electrons. The van der Waals surface area contributed by atoms with Gasteiger partial charge in [0.05, 0.1) is 0 Å². The molecule has 21 heavy (non-hydrogen) atoms. The first-order chi connectivity index (χ1) is 10.1. The zero-order valence-corrected chi connectivity index (χ0v) is 11.8. The number of hydrogen-bond donors (Lipinski definition) is 0. The lowest BCUT2D eigenvalue weighted by Crippen LogP contribution is -2.11. The predicted octanol–water partition coefficient (Wildman–Crippen LogP) is 4.19. The molecule has 0 aromatic heterocycles. The first-order valence-electron chi connectivity index (χ1n) is 6.48. The van der Waals surface area contributed by atoms with Crippen LogP contribution in [0.15, 0.2) is 48.5 Å². The predicted molar refractivity (Wildman–Crippen MR) is 81.5 cm³/mol. The summed E-state index contributed by atoms with van der Waals surface area (Å²) in [6.07, 6.45) is 1.34. The van der Waals surface area contributed by atoms with Gasteiger partial charge in [0, 0.05) is 21.1 Å². The smallest absolute Gasteiger partial charge is 0.244 e. The van der Waals surface area contributed by atoms with Crippen LogP contribution in [-0.4, -0.2) is 11.5 Å². The van der Waals surface area contributed by atoms with Gasteiger partial charge in [-0.25, -0.2) is 0 Å². The van der Waals surface area contributed by atoms with E-state index in [4.69, 9.17) is 16.3 Å². The highest BCUT2D eigenvalue weighted by Gasteiger charge is 2.31. The summed E-state index contributed by atoms with van der Waals surface area (Å²) in [5.74, 6) is 0.653. The molecular weight excluding hydrogens is 290 g/mol. The Morgan fingerprint density at radius 2 is 1.90 bits per heavy atom. The van der Waals surface area contributed by atoms with E-state index in [2.05, 4.69) is 0 Å². The third kappa shape index (κ3) is 2.90. The van der Waals surface area contributed by atoms with Gasteiger partial charge in [-0.3, -0.25) is 10.1 Å². The number of hydrogen-bond acceptors (Lipinski definition) is 3. The van der Waals surface area contributed by atoms with Gasteiger partial charge in [-0.1, -0.05) is 48.0 Å². The van der Waals surface area contributed by atoms with Gasteiger partial charge in [0.15, 0.2) is 6.10 Å². The largest absolute Gasteiger partial charge is 0.478 e. The Bertz CT molecular complexity index is 710. The molecule has 0 aliphatic carbocycles. The summed E-state index contributed by atoms with van der Waals surface area (Å²) >= 11 is 5.86. The van der Waals surface area contributed by atoms with E-state index in [1.165, 1.54) is 0 Å². The molecule has 0 fully saturated rings.